The van der Waals surface area contributed by atoms with Crippen molar-refractivity contribution < 1.29 is 66.4 Å². The normalized spacial score (nSPS) is 12.0. The molecule has 1 unspecified atom stereocenters. The van der Waals surface area contributed by atoms with Crippen LogP contribution in [0.1, 0.15) is 59.3 Å². The molecule has 0 aliphatic rings. The lowest BCUT2D eigenvalue weighted by atomic mass is 10.00. The molecule has 48 heavy (non-hydrogen) atoms. The molecule has 1 atom stereocenters. The molecule has 0 rings (SSSR count). The van der Waals surface area contributed by atoms with Crippen LogP contribution in [0.15, 0.2) is 0 Å². The zero-order valence-electron chi connectivity index (χ0n) is 30.1. The standard InChI is InChI=1S/C34H66O14/c1-4-7-9-32(6-3)34(36)48-31-29-46-27-25-44-23-21-42-19-17-40-15-13-38-11-10-37-12-14-39-16-18-41-20-22-43-24-26-45-28-30-47-33(35)8-5-2/h32H,4-31H2,1-3H3. The zero-order chi connectivity index (χ0) is 35.0. The van der Waals surface area contributed by atoms with Gasteiger partial charge in [-0.05, 0) is 19.3 Å². The Morgan fingerprint density at radius 2 is 0.688 bits per heavy atom. The molecular weight excluding hydrogens is 632 g/mol. The van der Waals surface area contributed by atoms with E-state index in [2.05, 4.69) is 6.92 Å². The van der Waals surface area contributed by atoms with Gasteiger partial charge >= 0.3 is 11.9 Å². The first-order chi connectivity index (χ1) is 23.7. The van der Waals surface area contributed by atoms with Crippen LogP contribution in [0.25, 0.3) is 0 Å². The molecular formula is C34H66O14. The Kier molecular flexibility index (Phi) is 38.8. The summed E-state index contributed by atoms with van der Waals surface area (Å²) < 4.78 is 64.7. The van der Waals surface area contributed by atoms with Gasteiger partial charge in [0.1, 0.15) is 13.2 Å². The number of esters is 2. The van der Waals surface area contributed by atoms with E-state index < -0.39 is 0 Å². The van der Waals surface area contributed by atoms with Gasteiger partial charge < -0.3 is 56.8 Å². The average molecular weight is 699 g/mol. The van der Waals surface area contributed by atoms with Gasteiger partial charge in [0.25, 0.3) is 0 Å². The third-order valence-corrected chi connectivity index (χ3v) is 6.50. The number of rotatable bonds is 40. The topological polar surface area (TPSA) is 145 Å². The average Bonchev–Trinajstić information content (AvgIpc) is 3.08. The van der Waals surface area contributed by atoms with E-state index >= 15 is 0 Å². The van der Waals surface area contributed by atoms with Gasteiger partial charge in [0.15, 0.2) is 0 Å². The van der Waals surface area contributed by atoms with Crippen LogP contribution in [0.2, 0.25) is 0 Å². The molecule has 0 bridgehead atoms. The third kappa shape index (κ3) is 35.8. The van der Waals surface area contributed by atoms with Crippen molar-refractivity contribution >= 4 is 11.9 Å². The van der Waals surface area contributed by atoms with E-state index in [0.717, 1.165) is 32.1 Å². The van der Waals surface area contributed by atoms with E-state index in [-0.39, 0.29) is 31.1 Å². The van der Waals surface area contributed by atoms with Crippen molar-refractivity contribution in [3.05, 3.63) is 0 Å². The number of carbonyl (C=O) groups is 2. The highest BCUT2D eigenvalue weighted by Crippen LogP contribution is 2.14. The first kappa shape index (κ1) is 46.5. The fourth-order valence-electron chi connectivity index (χ4n) is 3.83. The van der Waals surface area contributed by atoms with E-state index in [1.807, 2.05) is 13.8 Å². The molecule has 14 nitrogen and oxygen atoms in total. The van der Waals surface area contributed by atoms with Crippen LogP contribution in [0.5, 0.6) is 0 Å². The van der Waals surface area contributed by atoms with Gasteiger partial charge in [-0.3, -0.25) is 9.59 Å². The fraction of sp³-hybridized carbons (Fsp3) is 0.941. The summed E-state index contributed by atoms with van der Waals surface area (Å²) in [4.78, 5) is 23.2. The van der Waals surface area contributed by atoms with Crippen LogP contribution in [0, 0.1) is 5.92 Å². The van der Waals surface area contributed by atoms with Crippen LogP contribution in [-0.4, -0.2) is 157 Å². The summed E-state index contributed by atoms with van der Waals surface area (Å²) in [6.07, 6.45) is 5.05. The van der Waals surface area contributed by atoms with Crippen LogP contribution in [0.3, 0.4) is 0 Å². The SMILES string of the molecule is CCCCC(CC)C(=O)OCCOCCOCCOCCOCCOCCOCCOCCOCCOCCOCCOC(=O)CCC. The molecule has 0 spiro atoms. The summed E-state index contributed by atoms with van der Waals surface area (Å²) in [6.45, 7) is 16.0. The first-order valence-corrected chi connectivity index (χ1v) is 17.7. The summed E-state index contributed by atoms with van der Waals surface area (Å²) in [5.41, 5.74) is 0. The summed E-state index contributed by atoms with van der Waals surface area (Å²) in [7, 11) is 0. The second kappa shape index (κ2) is 40.0. The van der Waals surface area contributed by atoms with E-state index in [9.17, 15) is 9.59 Å². The van der Waals surface area contributed by atoms with Crippen molar-refractivity contribution in [1.29, 1.82) is 0 Å². The maximum atomic E-state index is 12.0. The zero-order valence-corrected chi connectivity index (χ0v) is 30.1. The first-order valence-electron chi connectivity index (χ1n) is 17.7. The highest BCUT2D eigenvalue weighted by molar-refractivity contribution is 5.72. The van der Waals surface area contributed by atoms with Crippen LogP contribution < -0.4 is 0 Å². The highest BCUT2D eigenvalue weighted by Gasteiger charge is 2.16. The molecule has 0 saturated heterocycles. The van der Waals surface area contributed by atoms with Gasteiger partial charge in [-0.15, -0.1) is 0 Å². The lowest BCUT2D eigenvalue weighted by Crippen LogP contribution is -2.20. The molecule has 0 aromatic carbocycles. The lowest BCUT2D eigenvalue weighted by molar-refractivity contribution is -0.150. The smallest absolute Gasteiger partial charge is 0.308 e. The number of hydrogen-bond donors (Lipinski definition) is 0. The van der Waals surface area contributed by atoms with Gasteiger partial charge in [0, 0.05) is 6.42 Å². The summed E-state index contributed by atoms with van der Waals surface area (Å²) >= 11 is 0. The Labute approximate surface area is 288 Å². The lowest BCUT2D eigenvalue weighted by Gasteiger charge is -2.13. The molecule has 14 heteroatoms. The maximum Gasteiger partial charge on any atom is 0.308 e. The van der Waals surface area contributed by atoms with Crippen molar-refractivity contribution in [2.24, 2.45) is 5.92 Å². The van der Waals surface area contributed by atoms with Gasteiger partial charge in [-0.1, -0.05) is 33.6 Å². The second-order valence-electron chi connectivity index (χ2n) is 10.5. The minimum Gasteiger partial charge on any atom is -0.463 e. The Hall–Kier alpha value is -1.46. The van der Waals surface area contributed by atoms with E-state index in [1.54, 1.807) is 0 Å². The fourth-order valence-corrected chi connectivity index (χ4v) is 3.83. The van der Waals surface area contributed by atoms with E-state index in [4.69, 9.17) is 56.8 Å². The van der Waals surface area contributed by atoms with Crippen molar-refractivity contribution in [2.75, 3.05) is 145 Å². The van der Waals surface area contributed by atoms with Gasteiger partial charge in [-0.2, -0.15) is 0 Å². The van der Waals surface area contributed by atoms with Crippen molar-refractivity contribution in [2.45, 2.75) is 59.3 Å². The Balaban J connectivity index is 3.15. The van der Waals surface area contributed by atoms with Crippen LogP contribution in [-0.2, 0) is 66.4 Å². The molecule has 0 fully saturated rings. The summed E-state index contributed by atoms with van der Waals surface area (Å²) in [6, 6.07) is 0. The number of hydrogen-bond acceptors (Lipinski definition) is 14. The second-order valence-corrected chi connectivity index (χ2v) is 10.5. The third-order valence-electron chi connectivity index (χ3n) is 6.50. The molecule has 0 saturated carbocycles. The molecule has 0 heterocycles. The van der Waals surface area contributed by atoms with Gasteiger partial charge in [0.05, 0.1) is 138 Å². The van der Waals surface area contributed by atoms with Crippen molar-refractivity contribution in [3.63, 3.8) is 0 Å². The molecule has 0 amide bonds. The predicted molar refractivity (Wildman–Crippen MR) is 178 cm³/mol. The van der Waals surface area contributed by atoms with Crippen LogP contribution in [0.4, 0.5) is 0 Å². The number of unbranched alkanes of at least 4 members (excludes halogenated alkanes) is 1. The molecule has 0 radical (unpaired) electrons. The molecule has 0 aliphatic carbocycles. The molecule has 0 N–H and O–H groups in total. The maximum absolute atomic E-state index is 12.0. The molecule has 0 aromatic rings. The van der Waals surface area contributed by atoms with Crippen LogP contribution >= 0.6 is 0 Å². The Bertz CT molecular complexity index is 670. The monoisotopic (exact) mass is 698 g/mol. The Morgan fingerprint density at radius 3 is 0.958 bits per heavy atom. The minimum absolute atomic E-state index is 0.00648. The number of ether oxygens (including phenoxy) is 12. The Morgan fingerprint density at radius 1 is 0.396 bits per heavy atom. The predicted octanol–water partition coefficient (Wildman–Crippen LogP) is 3.26. The molecule has 286 valence electrons. The largest absolute Gasteiger partial charge is 0.463 e. The molecule has 0 aromatic heterocycles. The highest BCUT2D eigenvalue weighted by atomic mass is 16.6. The van der Waals surface area contributed by atoms with E-state index in [1.165, 1.54) is 0 Å². The number of carbonyl (C=O) groups excluding carboxylic acids is 2. The van der Waals surface area contributed by atoms with E-state index in [0.29, 0.717) is 139 Å². The summed E-state index contributed by atoms with van der Waals surface area (Å²) in [5, 5.41) is 0. The van der Waals surface area contributed by atoms with Gasteiger partial charge in [0.2, 0.25) is 0 Å². The van der Waals surface area contributed by atoms with Gasteiger partial charge in [-0.25, -0.2) is 0 Å². The minimum atomic E-state index is -0.191. The quantitative estimate of drug-likeness (QED) is 0.0682. The summed E-state index contributed by atoms with van der Waals surface area (Å²) in [5.74, 6) is -0.320. The van der Waals surface area contributed by atoms with Crippen molar-refractivity contribution in [3.8, 4) is 0 Å². The van der Waals surface area contributed by atoms with Crippen molar-refractivity contribution in [1.82, 2.24) is 0 Å². The molecule has 0 aliphatic heterocycles.